The van der Waals surface area contributed by atoms with Gasteiger partial charge in [-0.2, -0.15) is 5.26 Å². The Hall–Kier alpha value is -3.79. The van der Waals surface area contributed by atoms with Gasteiger partial charge in [-0.15, -0.1) is 11.3 Å². The van der Waals surface area contributed by atoms with Crippen LogP contribution in [0, 0.1) is 11.3 Å². The molecule has 3 aromatic carbocycles. The predicted octanol–water partition coefficient (Wildman–Crippen LogP) is 5.99. The lowest BCUT2D eigenvalue weighted by Crippen LogP contribution is -2.20. The van der Waals surface area contributed by atoms with E-state index in [4.69, 9.17) is 26.8 Å². The lowest BCUT2D eigenvalue weighted by molar-refractivity contribution is 0.0733. The zero-order valence-corrected chi connectivity index (χ0v) is 18.1. The highest BCUT2D eigenvalue weighted by molar-refractivity contribution is 7.19. The van der Waals surface area contributed by atoms with E-state index in [0.717, 1.165) is 15.0 Å². The van der Waals surface area contributed by atoms with Crippen molar-refractivity contribution in [1.29, 1.82) is 5.26 Å². The summed E-state index contributed by atoms with van der Waals surface area (Å²) in [6.07, 6.45) is 0. The van der Waals surface area contributed by atoms with E-state index >= 15 is 0 Å². The molecule has 2 N–H and O–H groups in total. The molecule has 1 aliphatic heterocycles. The van der Waals surface area contributed by atoms with Gasteiger partial charge in [0.2, 0.25) is 5.88 Å². The summed E-state index contributed by atoms with van der Waals surface area (Å²) in [4.78, 5) is 13.6. The van der Waals surface area contributed by atoms with Gasteiger partial charge < -0.3 is 15.2 Å². The van der Waals surface area contributed by atoms with E-state index in [1.54, 1.807) is 42.5 Å². The second-order valence-corrected chi connectivity index (χ2v) is 8.67. The lowest BCUT2D eigenvalue weighted by atomic mass is 9.87. The maximum atomic E-state index is 12.8. The number of allylic oxidation sites excluding steroid dienone is 1. The smallest absolute Gasteiger partial charge is 0.343 e. The van der Waals surface area contributed by atoms with Crippen molar-refractivity contribution in [3.8, 4) is 17.6 Å². The molecule has 1 aromatic heterocycles. The monoisotopic (exact) mass is 458 g/mol. The van der Waals surface area contributed by atoms with Crippen molar-refractivity contribution in [3.05, 3.63) is 105 Å². The van der Waals surface area contributed by atoms with Crippen molar-refractivity contribution < 1.29 is 14.3 Å². The first-order chi connectivity index (χ1) is 15.6. The van der Waals surface area contributed by atoms with E-state index in [1.165, 1.54) is 11.3 Å². The van der Waals surface area contributed by atoms with E-state index in [0.29, 0.717) is 27.6 Å². The number of hydrogen-bond acceptors (Lipinski definition) is 6. The Balaban J connectivity index is 1.68. The molecule has 1 atom stereocenters. The van der Waals surface area contributed by atoms with E-state index < -0.39 is 11.9 Å². The summed E-state index contributed by atoms with van der Waals surface area (Å²) in [6, 6.07) is 23.6. The van der Waals surface area contributed by atoms with Crippen LogP contribution in [-0.2, 0) is 0 Å². The number of nitriles is 1. The number of nitrogens with zero attached hydrogens (tertiary/aromatic N) is 1. The second kappa shape index (κ2) is 8.04. The van der Waals surface area contributed by atoms with Crippen LogP contribution in [0.3, 0.4) is 0 Å². The van der Waals surface area contributed by atoms with Crippen molar-refractivity contribution in [2.24, 2.45) is 5.73 Å². The molecule has 1 unspecified atom stereocenters. The minimum Gasteiger partial charge on any atom is -0.439 e. The number of thiophene rings is 1. The van der Waals surface area contributed by atoms with Gasteiger partial charge >= 0.3 is 5.97 Å². The van der Waals surface area contributed by atoms with Crippen LogP contribution in [0.25, 0.3) is 10.1 Å². The standard InChI is InChI=1S/C25H15ClN2O3S/c26-15-10-11-19(30-25(29)14-6-2-1-3-7-14)17(12-15)21-18(13-27)24(28)31-22-16-8-4-5-9-20(16)32-23(21)22/h1-12,21H,28H2. The largest absolute Gasteiger partial charge is 0.439 e. The lowest BCUT2D eigenvalue weighted by Gasteiger charge is -2.25. The number of esters is 1. The van der Waals surface area contributed by atoms with Gasteiger partial charge in [-0.1, -0.05) is 41.9 Å². The maximum Gasteiger partial charge on any atom is 0.343 e. The van der Waals surface area contributed by atoms with Crippen LogP contribution in [0.5, 0.6) is 11.5 Å². The fourth-order valence-corrected chi connectivity index (χ4v) is 5.20. The van der Waals surface area contributed by atoms with Crippen molar-refractivity contribution in [3.63, 3.8) is 0 Å². The fraction of sp³-hybridized carbons (Fsp3) is 0.0400. The van der Waals surface area contributed by atoms with Crippen LogP contribution >= 0.6 is 22.9 Å². The fourth-order valence-electron chi connectivity index (χ4n) is 3.76. The molecule has 0 amide bonds. The predicted molar refractivity (Wildman–Crippen MR) is 124 cm³/mol. The third-order valence-corrected chi connectivity index (χ3v) is 6.67. The normalized spacial score (nSPS) is 15.1. The molecule has 5 nitrogen and oxygen atoms in total. The van der Waals surface area contributed by atoms with E-state index in [-0.39, 0.29) is 11.5 Å². The Kier molecular flexibility index (Phi) is 5.06. The molecule has 0 radical (unpaired) electrons. The molecule has 1 aliphatic rings. The summed E-state index contributed by atoms with van der Waals surface area (Å²) < 4.78 is 12.6. The van der Waals surface area contributed by atoms with Gasteiger partial charge in [0.25, 0.3) is 0 Å². The zero-order chi connectivity index (χ0) is 22.2. The summed E-state index contributed by atoms with van der Waals surface area (Å²) in [5.41, 5.74) is 7.38. The minimum atomic E-state index is -0.585. The number of nitrogens with two attached hydrogens (primary N) is 1. The molecule has 32 heavy (non-hydrogen) atoms. The second-order valence-electron chi connectivity index (χ2n) is 7.15. The van der Waals surface area contributed by atoms with Crippen LogP contribution in [0.4, 0.5) is 0 Å². The average molecular weight is 459 g/mol. The third kappa shape index (κ3) is 3.38. The topological polar surface area (TPSA) is 85.3 Å². The van der Waals surface area contributed by atoms with Crippen molar-refractivity contribution in [1.82, 2.24) is 0 Å². The summed E-state index contributed by atoms with van der Waals surface area (Å²) >= 11 is 7.83. The van der Waals surface area contributed by atoms with Crippen molar-refractivity contribution in [2.75, 3.05) is 0 Å². The van der Waals surface area contributed by atoms with Gasteiger partial charge in [-0.05, 0) is 42.5 Å². The molecule has 0 bridgehead atoms. The zero-order valence-electron chi connectivity index (χ0n) is 16.5. The van der Waals surface area contributed by atoms with Gasteiger partial charge in [0.15, 0.2) is 5.75 Å². The van der Waals surface area contributed by atoms with Crippen molar-refractivity contribution in [2.45, 2.75) is 5.92 Å². The van der Waals surface area contributed by atoms with E-state index in [1.807, 2.05) is 30.3 Å². The van der Waals surface area contributed by atoms with Gasteiger partial charge in [0.1, 0.15) is 17.4 Å². The van der Waals surface area contributed by atoms with E-state index in [2.05, 4.69) is 6.07 Å². The highest BCUT2D eigenvalue weighted by Gasteiger charge is 2.36. The Bertz CT molecular complexity index is 1440. The minimum absolute atomic E-state index is 0.0221. The van der Waals surface area contributed by atoms with Crippen LogP contribution in [0.1, 0.15) is 26.7 Å². The first-order valence-electron chi connectivity index (χ1n) is 9.72. The first-order valence-corrected chi connectivity index (χ1v) is 10.9. The molecular weight excluding hydrogens is 444 g/mol. The Morgan fingerprint density at radius 3 is 2.62 bits per heavy atom. The Morgan fingerprint density at radius 1 is 1.09 bits per heavy atom. The van der Waals surface area contributed by atoms with Crippen LogP contribution in [0.2, 0.25) is 5.02 Å². The third-order valence-electron chi connectivity index (χ3n) is 5.22. The van der Waals surface area contributed by atoms with Gasteiger partial charge in [0, 0.05) is 20.7 Å². The van der Waals surface area contributed by atoms with Crippen LogP contribution in [0.15, 0.2) is 84.3 Å². The number of carbonyl (C=O) groups excluding carboxylic acids is 1. The number of fused-ring (bicyclic) bond motifs is 3. The SMILES string of the molecule is N#CC1=C(N)Oc2c(sc3ccccc23)C1c1cc(Cl)ccc1OC(=O)c1ccccc1. The molecule has 0 saturated carbocycles. The molecule has 5 rings (SSSR count). The molecule has 0 aliphatic carbocycles. The number of carbonyl (C=O) groups is 1. The highest BCUT2D eigenvalue weighted by atomic mass is 35.5. The van der Waals surface area contributed by atoms with Crippen molar-refractivity contribution >= 4 is 39.0 Å². The number of benzene rings is 3. The molecule has 156 valence electrons. The van der Waals surface area contributed by atoms with Crippen LogP contribution in [-0.4, -0.2) is 5.97 Å². The first kappa shape index (κ1) is 20.1. The molecule has 0 spiro atoms. The summed E-state index contributed by atoms with van der Waals surface area (Å²) in [5, 5.41) is 11.3. The van der Waals surface area contributed by atoms with E-state index in [9.17, 15) is 10.1 Å². The molecule has 2 heterocycles. The highest BCUT2D eigenvalue weighted by Crippen LogP contribution is 2.52. The molecule has 0 fully saturated rings. The summed E-state index contributed by atoms with van der Waals surface area (Å²) in [7, 11) is 0. The quantitative estimate of drug-likeness (QED) is 0.301. The maximum absolute atomic E-state index is 12.8. The van der Waals surface area contributed by atoms with Gasteiger partial charge in [-0.25, -0.2) is 4.79 Å². The number of rotatable bonds is 3. The number of hydrogen-bond donors (Lipinski definition) is 1. The summed E-state index contributed by atoms with van der Waals surface area (Å²) in [5.74, 6) is -0.160. The number of ether oxygens (including phenoxy) is 2. The van der Waals surface area contributed by atoms with Crippen LogP contribution < -0.4 is 15.2 Å². The summed E-state index contributed by atoms with van der Waals surface area (Å²) in [6.45, 7) is 0. The molecule has 4 aromatic rings. The molecular formula is C25H15ClN2O3S. The van der Waals surface area contributed by atoms with Gasteiger partial charge in [-0.3, -0.25) is 0 Å². The Labute approximate surface area is 192 Å². The Morgan fingerprint density at radius 2 is 1.84 bits per heavy atom. The molecule has 0 saturated heterocycles. The van der Waals surface area contributed by atoms with Gasteiger partial charge in [0.05, 0.1) is 16.4 Å². The molecule has 7 heteroatoms. The average Bonchev–Trinajstić information content (AvgIpc) is 3.18. The number of halogens is 1.